The minimum atomic E-state index is 0.543. The highest BCUT2D eigenvalue weighted by molar-refractivity contribution is 4.46. The van der Waals surface area contributed by atoms with Crippen molar-refractivity contribution in [3.8, 4) is 0 Å². The van der Waals surface area contributed by atoms with E-state index in [2.05, 4.69) is 13.8 Å². The van der Waals surface area contributed by atoms with E-state index in [1.165, 1.54) is 64.2 Å². The Hall–Kier alpha value is -0.360. The van der Waals surface area contributed by atoms with Gasteiger partial charge in [-0.2, -0.15) is 0 Å². The van der Waals surface area contributed by atoms with Gasteiger partial charge in [0.2, 0.25) is 0 Å². The average Bonchev–Trinajstić information content (AvgIpc) is 2.98. The molecule has 0 amide bonds. The van der Waals surface area contributed by atoms with Gasteiger partial charge in [-0.3, -0.25) is 0 Å². The summed E-state index contributed by atoms with van der Waals surface area (Å²) in [5.41, 5.74) is 0. The van der Waals surface area contributed by atoms with Crippen molar-refractivity contribution in [2.45, 2.75) is 90.9 Å². The Morgan fingerprint density at radius 3 is 0.610 bits per heavy atom. The number of unbranched alkanes of at least 4 members (excludes halogenated alkanes) is 10. The SMILES string of the molecule is CCCCCCCCCCOCCOCCOCCOCCOCCOCCOCCOCCOCCCCCC. The summed E-state index contributed by atoms with van der Waals surface area (Å²) >= 11 is 0. The van der Waals surface area contributed by atoms with Gasteiger partial charge in [0, 0.05) is 13.2 Å². The quantitative estimate of drug-likeness (QED) is 0.0817. The van der Waals surface area contributed by atoms with Gasteiger partial charge in [0.05, 0.1) is 106 Å². The van der Waals surface area contributed by atoms with Gasteiger partial charge in [-0.1, -0.05) is 78.1 Å². The van der Waals surface area contributed by atoms with Crippen LogP contribution >= 0.6 is 0 Å². The number of ether oxygens (including phenoxy) is 9. The molecule has 9 nitrogen and oxygen atoms in total. The summed E-state index contributed by atoms with van der Waals surface area (Å²) in [6.45, 7) is 15.4. The van der Waals surface area contributed by atoms with Crippen molar-refractivity contribution in [3.05, 3.63) is 0 Å². The van der Waals surface area contributed by atoms with Crippen LogP contribution in [0.5, 0.6) is 0 Å². The molecule has 0 saturated carbocycles. The average molecular weight is 595 g/mol. The molecule has 0 aliphatic rings. The Morgan fingerprint density at radius 2 is 0.366 bits per heavy atom. The highest BCUT2D eigenvalue weighted by Gasteiger charge is 1.96. The molecule has 0 heterocycles. The van der Waals surface area contributed by atoms with E-state index in [4.69, 9.17) is 42.6 Å². The first-order chi connectivity index (χ1) is 20.4. The largest absolute Gasteiger partial charge is 0.379 e. The Labute approximate surface area is 252 Å². The van der Waals surface area contributed by atoms with Gasteiger partial charge >= 0.3 is 0 Å². The van der Waals surface area contributed by atoms with E-state index in [0.717, 1.165) is 26.1 Å². The highest BCUT2D eigenvalue weighted by Crippen LogP contribution is 2.08. The molecule has 0 rings (SSSR count). The zero-order valence-corrected chi connectivity index (χ0v) is 26.9. The van der Waals surface area contributed by atoms with E-state index in [9.17, 15) is 0 Å². The van der Waals surface area contributed by atoms with Crippen molar-refractivity contribution in [2.75, 3.05) is 119 Å². The summed E-state index contributed by atoms with van der Waals surface area (Å²) in [4.78, 5) is 0. The lowest BCUT2D eigenvalue weighted by Gasteiger charge is -2.09. The molecule has 0 radical (unpaired) electrons. The van der Waals surface area contributed by atoms with Crippen molar-refractivity contribution in [1.82, 2.24) is 0 Å². The monoisotopic (exact) mass is 594 g/mol. The van der Waals surface area contributed by atoms with Crippen LogP contribution in [0.2, 0.25) is 0 Å². The van der Waals surface area contributed by atoms with Gasteiger partial charge < -0.3 is 42.6 Å². The second-order valence-electron chi connectivity index (χ2n) is 10.0. The lowest BCUT2D eigenvalue weighted by atomic mass is 10.1. The van der Waals surface area contributed by atoms with Gasteiger partial charge in [-0.05, 0) is 12.8 Å². The maximum Gasteiger partial charge on any atom is 0.0701 e. The van der Waals surface area contributed by atoms with Gasteiger partial charge in [0.1, 0.15) is 0 Å². The molecular formula is C32H66O9. The predicted molar refractivity (Wildman–Crippen MR) is 164 cm³/mol. The van der Waals surface area contributed by atoms with Gasteiger partial charge in [0.15, 0.2) is 0 Å². The summed E-state index contributed by atoms with van der Waals surface area (Å²) in [6, 6.07) is 0. The number of rotatable bonds is 38. The summed E-state index contributed by atoms with van der Waals surface area (Å²) in [5.74, 6) is 0. The topological polar surface area (TPSA) is 83.1 Å². The fourth-order valence-electron chi connectivity index (χ4n) is 3.83. The van der Waals surface area contributed by atoms with Crippen molar-refractivity contribution >= 4 is 0 Å². The van der Waals surface area contributed by atoms with E-state index < -0.39 is 0 Å². The van der Waals surface area contributed by atoms with Crippen LogP contribution in [-0.4, -0.2) is 119 Å². The molecule has 41 heavy (non-hydrogen) atoms. The Kier molecular flexibility index (Phi) is 39.3. The van der Waals surface area contributed by atoms with E-state index in [0.29, 0.717) is 106 Å². The fourth-order valence-corrected chi connectivity index (χ4v) is 3.83. The number of hydrogen-bond acceptors (Lipinski definition) is 9. The van der Waals surface area contributed by atoms with Crippen LogP contribution < -0.4 is 0 Å². The lowest BCUT2D eigenvalue weighted by molar-refractivity contribution is -0.0250. The smallest absolute Gasteiger partial charge is 0.0701 e. The molecule has 0 saturated heterocycles. The minimum absolute atomic E-state index is 0.543. The van der Waals surface area contributed by atoms with Crippen molar-refractivity contribution < 1.29 is 42.6 Å². The summed E-state index contributed by atoms with van der Waals surface area (Å²) in [5, 5.41) is 0. The van der Waals surface area contributed by atoms with E-state index in [-0.39, 0.29) is 0 Å². The second-order valence-corrected chi connectivity index (χ2v) is 10.0. The molecule has 0 aromatic rings. The third-order valence-electron chi connectivity index (χ3n) is 6.26. The molecule has 0 aliphatic carbocycles. The summed E-state index contributed by atoms with van der Waals surface area (Å²) < 4.78 is 49.6. The molecule has 0 spiro atoms. The molecule has 0 aromatic heterocycles. The van der Waals surface area contributed by atoms with Crippen LogP contribution in [0.3, 0.4) is 0 Å². The molecule has 0 fully saturated rings. The molecule has 0 bridgehead atoms. The first-order valence-corrected chi connectivity index (χ1v) is 16.6. The molecule has 0 N–H and O–H groups in total. The standard InChI is InChI=1S/C32H66O9/c1-3-5-7-9-10-11-12-14-16-34-18-20-36-22-24-38-26-28-40-30-32-41-31-29-39-27-25-37-23-21-35-19-17-33-15-13-8-6-4-2/h3-32H2,1-2H3. The number of hydrogen-bond donors (Lipinski definition) is 0. The molecule has 0 unspecified atom stereocenters. The molecule has 0 aliphatic heterocycles. The van der Waals surface area contributed by atoms with Crippen molar-refractivity contribution in [3.63, 3.8) is 0 Å². The van der Waals surface area contributed by atoms with Gasteiger partial charge in [-0.25, -0.2) is 0 Å². The third-order valence-corrected chi connectivity index (χ3v) is 6.26. The van der Waals surface area contributed by atoms with Crippen molar-refractivity contribution in [1.29, 1.82) is 0 Å². The van der Waals surface area contributed by atoms with E-state index in [1.807, 2.05) is 0 Å². The predicted octanol–water partition coefficient (Wildman–Crippen LogP) is 5.86. The molecule has 248 valence electrons. The maximum absolute atomic E-state index is 5.62. The lowest BCUT2D eigenvalue weighted by Crippen LogP contribution is -2.15. The van der Waals surface area contributed by atoms with Crippen LogP contribution in [0, 0.1) is 0 Å². The highest BCUT2D eigenvalue weighted by atomic mass is 16.6. The summed E-state index contributed by atoms with van der Waals surface area (Å²) in [6.07, 6.45) is 15.5. The Morgan fingerprint density at radius 1 is 0.195 bits per heavy atom. The molecule has 9 heteroatoms. The van der Waals surface area contributed by atoms with Crippen molar-refractivity contribution in [2.24, 2.45) is 0 Å². The normalized spacial score (nSPS) is 11.6. The van der Waals surface area contributed by atoms with Crippen LogP contribution in [0.15, 0.2) is 0 Å². The van der Waals surface area contributed by atoms with Crippen LogP contribution in [0.1, 0.15) is 90.9 Å². The van der Waals surface area contributed by atoms with Gasteiger partial charge in [-0.15, -0.1) is 0 Å². The summed E-state index contributed by atoms with van der Waals surface area (Å²) in [7, 11) is 0. The Bertz CT molecular complexity index is 405. The van der Waals surface area contributed by atoms with Gasteiger partial charge in [0.25, 0.3) is 0 Å². The zero-order valence-electron chi connectivity index (χ0n) is 26.9. The molecule has 0 atom stereocenters. The third kappa shape index (κ3) is 39.6. The molecular weight excluding hydrogens is 528 g/mol. The minimum Gasteiger partial charge on any atom is -0.379 e. The second kappa shape index (κ2) is 39.6. The first kappa shape index (κ1) is 40.6. The maximum atomic E-state index is 5.62. The van der Waals surface area contributed by atoms with Crippen LogP contribution in [0.25, 0.3) is 0 Å². The zero-order chi connectivity index (χ0) is 29.6. The van der Waals surface area contributed by atoms with Crippen LogP contribution in [-0.2, 0) is 42.6 Å². The first-order valence-electron chi connectivity index (χ1n) is 16.6. The van der Waals surface area contributed by atoms with E-state index >= 15 is 0 Å². The van der Waals surface area contributed by atoms with Crippen LogP contribution in [0.4, 0.5) is 0 Å². The van der Waals surface area contributed by atoms with E-state index in [1.54, 1.807) is 0 Å². The molecule has 0 aromatic carbocycles. The fraction of sp³-hybridized carbons (Fsp3) is 1.00. The Balaban J connectivity index is 3.02.